The van der Waals surface area contributed by atoms with Gasteiger partial charge in [0.15, 0.2) is 0 Å². The van der Waals surface area contributed by atoms with Crippen molar-refractivity contribution in [2.24, 2.45) is 0 Å². The summed E-state index contributed by atoms with van der Waals surface area (Å²) in [6, 6.07) is 0. The van der Waals surface area contributed by atoms with E-state index in [2.05, 4.69) is 16.1 Å². The standard InChI is InChI=1S/C9H12O4/c1-3-4-7-13-9(11)6-5-8(10)12-2/h3,5-6H,1,4,7H2,2H3/b6-5-. The molecule has 0 rings (SSSR count). The highest BCUT2D eigenvalue weighted by Gasteiger charge is 1.97. The number of carbonyl (C=O) groups is 2. The number of carbonyl (C=O) groups excluding carboxylic acids is 2. The largest absolute Gasteiger partial charge is 0.466 e. The quantitative estimate of drug-likeness (QED) is 0.275. The third-order valence-corrected chi connectivity index (χ3v) is 1.12. The van der Waals surface area contributed by atoms with E-state index in [1.54, 1.807) is 6.08 Å². The Morgan fingerprint density at radius 2 is 1.92 bits per heavy atom. The summed E-state index contributed by atoms with van der Waals surface area (Å²) in [6.45, 7) is 3.73. The topological polar surface area (TPSA) is 52.6 Å². The summed E-state index contributed by atoms with van der Waals surface area (Å²) >= 11 is 0. The van der Waals surface area contributed by atoms with Crippen molar-refractivity contribution in [1.82, 2.24) is 0 Å². The van der Waals surface area contributed by atoms with Crippen LogP contribution in [0.2, 0.25) is 0 Å². The number of esters is 2. The van der Waals surface area contributed by atoms with Gasteiger partial charge in [0.05, 0.1) is 13.7 Å². The molecule has 0 heterocycles. The normalized spacial score (nSPS) is 9.62. The second-order valence-corrected chi connectivity index (χ2v) is 2.10. The van der Waals surface area contributed by atoms with Gasteiger partial charge in [-0.3, -0.25) is 0 Å². The first-order valence-corrected chi connectivity index (χ1v) is 3.74. The Kier molecular flexibility index (Phi) is 6.23. The lowest BCUT2D eigenvalue weighted by molar-refractivity contribution is -0.139. The molecule has 0 saturated carbocycles. The summed E-state index contributed by atoms with van der Waals surface area (Å²) in [4.78, 5) is 21.3. The van der Waals surface area contributed by atoms with E-state index in [1.165, 1.54) is 7.11 Å². The lowest BCUT2D eigenvalue weighted by Crippen LogP contribution is -2.03. The first-order chi connectivity index (χ1) is 6.20. The molecule has 0 N–H and O–H groups in total. The zero-order valence-corrected chi connectivity index (χ0v) is 7.49. The maximum atomic E-state index is 10.8. The molecule has 0 fully saturated rings. The van der Waals surface area contributed by atoms with Crippen molar-refractivity contribution >= 4 is 11.9 Å². The van der Waals surface area contributed by atoms with Crippen molar-refractivity contribution < 1.29 is 19.1 Å². The van der Waals surface area contributed by atoms with Crippen LogP contribution in [0.1, 0.15) is 6.42 Å². The minimum absolute atomic E-state index is 0.272. The van der Waals surface area contributed by atoms with Crippen molar-refractivity contribution in [2.45, 2.75) is 6.42 Å². The SMILES string of the molecule is C=CCCOC(=O)/C=C\C(=O)OC. The molecule has 0 spiro atoms. The Morgan fingerprint density at radius 3 is 2.46 bits per heavy atom. The lowest BCUT2D eigenvalue weighted by atomic mass is 10.4. The van der Waals surface area contributed by atoms with Crippen LogP contribution in [-0.4, -0.2) is 25.7 Å². The summed E-state index contributed by atoms with van der Waals surface area (Å²) in [5.41, 5.74) is 0. The number of methoxy groups -OCH3 is 1. The van der Waals surface area contributed by atoms with Gasteiger partial charge in [0.25, 0.3) is 0 Å². The molecule has 0 atom stereocenters. The van der Waals surface area contributed by atoms with E-state index in [1.807, 2.05) is 0 Å². The summed E-state index contributed by atoms with van der Waals surface area (Å²) in [7, 11) is 1.23. The van der Waals surface area contributed by atoms with Gasteiger partial charge in [0, 0.05) is 12.2 Å². The maximum Gasteiger partial charge on any atom is 0.331 e. The van der Waals surface area contributed by atoms with Gasteiger partial charge in [0.2, 0.25) is 0 Å². The predicted octanol–water partition coefficient (Wildman–Crippen LogP) is 0.835. The van der Waals surface area contributed by atoms with Gasteiger partial charge in [-0.2, -0.15) is 0 Å². The zero-order valence-electron chi connectivity index (χ0n) is 7.49. The Labute approximate surface area is 76.8 Å². The molecule has 0 bridgehead atoms. The second-order valence-electron chi connectivity index (χ2n) is 2.10. The van der Waals surface area contributed by atoms with E-state index in [4.69, 9.17) is 0 Å². The molecular formula is C9H12O4. The molecule has 0 amide bonds. The van der Waals surface area contributed by atoms with Crippen LogP contribution in [-0.2, 0) is 19.1 Å². The van der Waals surface area contributed by atoms with E-state index in [0.717, 1.165) is 12.2 Å². The maximum absolute atomic E-state index is 10.8. The van der Waals surface area contributed by atoms with Crippen LogP contribution in [0, 0.1) is 0 Å². The molecule has 72 valence electrons. The molecule has 0 aromatic heterocycles. The van der Waals surface area contributed by atoms with Crippen LogP contribution in [0.4, 0.5) is 0 Å². The Morgan fingerprint density at radius 1 is 1.31 bits per heavy atom. The molecule has 0 aromatic carbocycles. The van der Waals surface area contributed by atoms with E-state index in [9.17, 15) is 9.59 Å². The van der Waals surface area contributed by atoms with Gasteiger partial charge in [-0.25, -0.2) is 9.59 Å². The second kappa shape index (κ2) is 7.09. The van der Waals surface area contributed by atoms with Crippen molar-refractivity contribution in [2.75, 3.05) is 13.7 Å². The van der Waals surface area contributed by atoms with Crippen molar-refractivity contribution in [3.05, 3.63) is 24.8 Å². The molecule has 0 unspecified atom stereocenters. The van der Waals surface area contributed by atoms with Crippen LogP contribution in [0.5, 0.6) is 0 Å². The van der Waals surface area contributed by atoms with Crippen LogP contribution in [0.25, 0.3) is 0 Å². The fraction of sp³-hybridized carbons (Fsp3) is 0.333. The van der Waals surface area contributed by atoms with Gasteiger partial charge in [-0.05, 0) is 6.42 Å². The first-order valence-electron chi connectivity index (χ1n) is 3.74. The van der Waals surface area contributed by atoms with Crippen LogP contribution >= 0.6 is 0 Å². The highest BCUT2D eigenvalue weighted by molar-refractivity contribution is 5.91. The van der Waals surface area contributed by atoms with Crippen molar-refractivity contribution in [1.29, 1.82) is 0 Å². The highest BCUT2D eigenvalue weighted by atomic mass is 16.5. The Bertz CT molecular complexity index is 218. The van der Waals surface area contributed by atoms with Crippen molar-refractivity contribution in [3.8, 4) is 0 Å². The molecule has 0 saturated heterocycles. The van der Waals surface area contributed by atoms with E-state index < -0.39 is 11.9 Å². The number of hydrogen-bond donors (Lipinski definition) is 0. The molecule has 4 nitrogen and oxygen atoms in total. The Balaban J connectivity index is 3.67. The minimum Gasteiger partial charge on any atom is -0.466 e. The molecule has 4 heteroatoms. The lowest BCUT2D eigenvalue weighted by Gasteiger charge is -1.97. The summed E-state index contributed by atoms with van der Waals surface area (Å²) in [5, 5.41) is 0. The monoisotopic (exact) mass is 184 g/mol. The van der Waals surface area contributed by atoms with E-state index in [-0.39, 0.29) is 6.61 Å². The summed E-state index contributed by atoms with van der Waals surface area (Å²) in [5.74, 6) is -1.15. The average molecular weight is 184 g/mol. The first kappa shape index (κ1) is 11.4. The molecule has 0 aliphatic carbocycles. The van der Waals surface area contributed by atoms with Gasteiger partial charge >= 0.3 is 11.9 Å². The third-order valence-electron chi connectivity index (χ3n) is 1.12. The molecule has 0 aromatic rings. The van der Waals surface area contributed by atoms with E-state index >= 15 is 0 Å². The molecule has 0 aliphatic heterocycles. The number of ether oxygens (including phenoxy) is 2. The minimum atomic E-state index is -0.583. The Hall–Kier alpha value is -1.58. The fourth-order valence-electron chi connectivity index (χ4n) is 0.495. The van der Waals surface area contributed by atoms with Gasteiger partial charge in [-0.1, -0.05) is 6.08 Å². The van der Waals surface area contributed by atoms with Crippen LogP contribution < -0.4 is 0 Å². The molecule has 0 radical (unpaired) electrons. The molecule has 0 aliphatic rings. The molecular weight excluding hydrogens is 172 g/mol. The highest BCUT2D eigenvalue weighted by Crippen LogP contribution is 1.87. The number of hydrogen-bond acceptors (Lipinski definition) is 4. The third kappa shape index (κ3) is 6.80. The number of rotatable bonds is 5. The average Bonchev–Trinajstić information content (AvgIpc) is 2.14. The smallest absolute Gasteiger partial charge is 0.331 e. The van der Waals surface area contributed by atoms with Gasteiger partial charge in [0.1, 0.15) is 0 Å². The van der Waals surface area contributed by atoms with Crippen LogP contribution in [0.3, 0.4) is 0 Å². The van der Waals surface area contributed by atoms with Gasteiger partial charge < -0.3 is 9.47 Å². The fourth-order valence-corrected chi connectivity index (χ4v) is 0.495. The summed E-state index contributed by atoms with van der Waals surface area (Å²) in [6.07, 6.45) is 4.26. The van der Waals surface area contributed by atoms with Crippen LogP contribution in [0.15, 0.2) is 24.8 Å². The van der Waals surface area contributed by atoms with E-state index in [0.29, 0.717) is 6.42 Å². The summed E-state index contributed by atoms with van der Waals surface area (Å²) < 4.78 is 8.95. The predicted molar refractivity (Wildman–Crippen MR) is 46.9 cm³/mol. The van der Waals surface area contributed by atoms with Crippen molar-refractivity contribution in [3.63, 3.8) is 0 Å². The zero-order chi connectivity index (χ0) is 10.1. The van der Waals surface area contributed by atoms with Gasteiger partial charge in [-0.15, -0.1) is 6.58 Å². The molecule has 13 heavy (non-hydrogen) atoms.